The Hall–Kier alpha value is -2.80. The van der Waals surface area contributed by atoms with Crippen molar-refractivity contribution in [1.29, 1.82) is 0 Å². The second-order valence-corrected chi connectivity index (χ2v) is 6.65. The maximum Gasteiger partial charge on any atom is 0.140 e. The summed E-state index contributed by atoms with van der Waals surface area (Å²) in [5, 5.41) is 2.69. The van der Waals surface area contributed by atoms with E-state index >= 15 is 0 Å². The summed E-state index contributed by atoms with van der Waals surface area (Å²) in [7, 11) is 2.19. The molecule has 0 N–H and O–H groups in total. The van der Waals surface area contributed by atoms with E-state index in [1.54, 1.807) is 0 Å². The molecule has 0 saturated heterocycles. The molecule has 1 heteroatoms. The Kier molecular flexibility index (Phi) is 2.90. The summed E-state index contributed by atoms with van der Waals surface area (Å²) in [6.07, 6.45) is 1.04. The molecule has 4 aromatic carbocycles. The highest BCUT2D eigenvalue weighted by Gasteiger charge is 2.22. The fourth-order valence-corrected chi connectivity index (χ4v) is 4.10. The van der Waals surface area contributed by atoms with Crippen LogP contribution in [-0.4, -0.2) is 7.85 Å². The summed E-state index contributed by atoms with van der Waals surface area (Å²) in [6, 6.07) is 28.8. The van der Waals surface area contributed by atoms with Crippen LogP contribution in [0.25, 0.3) is 33.0 Å². The van der Waals surface area contributed by atoms with Crippen molar-refractivity contribution in [2.45, 2.75) is 6.42 Å². The van der Waals surface area contributed by atoms with E-state index in [1.165, 1.54) is 49.6 Å². The molecule has 4 aromatic rings. The third-order valence-electron chi connectivity index (χ3n) is 5.25. The van der Waals surface area contributed by atoms with Crippen molar-refractivity contribution in [3.05, 3.63) is 90.0 Å². The summed E-state index contributed by atoms with van der Waals surface area (Å²) >= 11 is 0. The number of hydrogen-bond donors (Lipinski definition) is 0. The van der Waals surface area contributed by atoms with E-state index in [-0.39, 0.29) is 0 Å². The van der Waals surface area contributed by atoms with E-state index in [9.17, 15) is 0 Å². The Bertz CT molecular complexity index is 1090. The second-order valence-electron chi connectivity index (χ2n) is 6.65. The van der Waals surface area contributed by atoms with E-state index in [1.807, 2.05) is 0 Å². The normalized spacial score (nSPS) is 12.2. The minimum absolute atomic E-state index is 1.04. The van der Waals surface area contributed by atoms with Crippen molar-refractivity contribution in [3.63, 3.8) is 0 Å². The van der Waals surface area contributed by atoms with Gasteiger partial charge in [0.25, 0.3) is 0 Å². The largest absolute Gasteiger partial charge is 0.140 e. The molecular formula is C23H17B. The van der Waals surface area contributed by atoms with Crippen molar-refractivity contribution >= 4 is 24.1 Å². The van der Waals surface area contributed by atoms with Gasteiger partial charge in [0, 0.05) is 0 Å². The predicted molar refractivity (Wildman–Crippen MR) is 106 cm³/mol. The van der Waals surface area contributed by atoms with Gasteiger partial charge in [0.2, 0.25) is 0 Å². The lowest BCUT2D eigenvalue weighted by molar-refractivity contribution is 1.26. The zero-order valence-corrected chi connectivity index (χ0v) is 13.7. The molecule has 24 heavy (non-hydrogen) atoms. The Labute approximate surface area is 143 Å². The lowest BCUT2D eigenvalue weighted by Gasteiger charge is -2.14. The van der Waals surface area contributed by atoms with E-state index in [4.69, 9.17) is 0 Å². The Morgan fingerprint density at radius 2 is 1.25 bits per heavy atom. The molecule has 0 heterocycles. The molecule has 0 fully saturated rings. The number of rotatable bonds is 1. The van der Waals surface area contributed by atoms with Gasteiger partial charge in [-0.15, -0.1) is 0 Å². The van der Waals surface area contributed by atoms with Crippen molar-refractivity contribution in [3.8, 4) is 22.3 Å². The van der Waals surface area contributed by atoms with Crippen LogP contribution in [0, 0.1) is 0 Å². The molecule has 0 unspecified atom stereocenters. The Balaban J connectivity index is 1.86. The van der Waals surface area contributed by atoms with Crippen LogP contribution in [0.2, 0.25) is 0 Å². The van der Waals surface area contributed by atoms with Gasteiger partial charge in [0.15, 0.2) is 0 Å². The van der Waals surface area contributed by atoms with Gasteiger partial charge in [-0.05, 0) is 50.6 Å². The van der Waals surface area contributed by atoms with Gasteiger partial charge in [-0.2, -0.15) is 0 Å². The number of hydrogen-bond acceptors (Lipinski definition) is 0. The van der Waals surface area contributed by atoms with Crippen molar-refractivity contribution in [1.82, 2.24) is 0 Å². The van der Waals surface area contributed by atoms with Gasteiger partial charge in [-0.3, -0.25) is 0 Å². The van der Waals surface area contributed by atoms with Crippen molar-refractivity contribution in [2.75, 3.05) is 0 Å². The maximum absolute atomic E-state index is 2.29. The van der Waals surface area contributed by atoms with Crippen LogP contribution in [0.15, 0.2) is 78.9 Å². The van der Waals surface area contributed by atoms with Crippen molar-refractivity contribution < 1.29 is 0 Å². The molecule has 112 valence electrons. The first-order chi connectivity index (χ1) is 11.8. The Morgan fingerprint density at radius 1 is 0.542 bits per heavy atom. The molecule has 0 amide bonds. The highest BCUT2D eigenvalue weighted by molar-refractivity contribution is 6.39. The highest BCUT2D eigenvalue weighted by Crippen LogP contribution is 2.44. The van der Waals surface area contributed by atoms with Crippen LogP contribution in [0.1, 0.15) is 11.1 Å². The number of benzene rings is 4. The first kappa shape index (κ1) is 13.6. The SMILES string of the molecule is Bc1ccc(-c2cccc3c2-c2ccccc2C3)c2ccccc12. The van der Waals surface area contributed by atoms with Crippen LogP contribution in [0.3, 0.4) is 0 Å². The van der Waals surface area contributed by atoms with Gasteiger partial charge < -0.3 is 0 Å². The molecule has 0 aromatic heterocycles. The smallest absolute Gasteiger partial charge is 0.0812 e. The summed E-state index contributed by atoms with van der Waals surface area (Å²) in [5.41, 5.74) is 9.73. The fourth-order valence-electron chi connectivity index (χ4n) is 4.10. The lowest BCUT2D eigenvalue weighted by Crippen LogP contribution is -2.03. The van der Waals surface area contributed by atoms with E-state index < -0.39 is 0 Å². The van der Waals surface area contributed by atoms with Crippen LogP contribution in [-0.2, 0) is 6.42 Å². The summed E-state index contributed by atoms with van der Waals surface area (Å²) < 4.78 is 0. The van der Waals surface area contributed by atoms with E-state index in [0.717, 1.165) is 6.42 Å². The summed E-state index contributed by atoms with van der Waals surface area (Å²) in [6.45, 7) is 0. The zero-order chi connectivity index (χ0) is 16.1. The average Bonchev–Trinajstić information content (AvgIpc) is 3.01. The molecule has 0 saturated carbocycles. The topological polar surface area (TPSA) is 0 Å². The van der Waals surface area contributed by atoms with Crippen LogP contribution >= 0.6 is 0 Å². The van der Waals surface area contributed by atoms with Gasteiger partial charge >= 0.3 is 0 Å². The first-order valence-electron chi connectivity index (χ1n) is 8.52. The number of fused-ring (bicyclic) bond motifs is 4. The molecule has 0 spiro atoms. The third kappa shape index (κ3) is 1.88. The van der Waals surface area contributed by atoms with Crippen LogP contribution < -0.4 is 5.46 Å². The average molecular weight is 304 g/mol. The Morgan fingerprint density at radius 3 is 2.17 bits per heavy atom. The van der Waals surface area contributed by atoms with Gasteiger partial charge in [-0.25, -0.2) is 0 Å². The molecule has 1 aliphatic carbocycles. The molecule has 0 bridgehead atoms. The standard InChI is InChI=1S/C23H17B/c24-22-13-12-19(18-9-3-4-10-20(18)22)21-11-5-7-16-14-15-6-1-2-8-17(15)23(16)21/h1-13H,14,24H2. The monoisotopic (exact) mass is 304 g/mol. The van der Waals surface area contributed by atoms with Crippen LogP contribution in [0.4, 0.5) is 0 Å². The molecular weight excluding hydrogens is 287 g/mol. The molecule has 0 atom stereocenters. The molecule has 0 radical (unpaired) electrons. The van der Waals surface area contributed by atoms with Gasteiger partial charge in [0.1, 0.15) is 7.85 Å². The predicted octanol–water partition coefficient (Wildman–Crippen LogP) is 4.34. The highest BCUT2D eigenvalue weighted by atomic mass is 14.2. The van der Waals surface area contributed by atoms with Crippen molar-refractivity contribution in [2.24, 2.45) is 0 Å². The van der Waals surface area contributed by atoms with Gasteiger partial charge in [0.05, 0.1) is 0 Å². The third-order valence-corrected chi connectivity index (χ3v) is 5.25. The fraction of sp³-hybridized carbons (Fsp3) is 0.0435. The summed E-state index contributed by atoms with van der Waals surface area (Å²) in [5.74, 6) is 0. The lowest BCUT2D eigenvalue weighted by atomic mass is 9.85. The quantitative estimate of drug-likeness (QED) is 0.404. The van der Waals surface area contributed by atoms with Crippen LogP contribution in [0.5, 0.6) is 0 Å². The maximum atomic E-state index is 2.29. The second kappa shape index (κ2) is 5.11. The van der Waals surface area contributed by atoms with Gasteiger partial charge in [-0.1, -0.05) is 84.3 Å². The summed E-state index contributed by atoms with van der Waals surface area (Å²) in [4.78, 5) is 0. The van der Waals surface area contributed by atoms with E-state index in [0.29, 0.717) is 0 Å². The first-order valence-corrected chi connectivity index (χ1v) is 8.52. The molecule has 1 aliphatic rings. The molecule has 5 rings (SSSR count). The minimum Gasteiger partial charge on any atom is -0.0812 e. The molecule has 0 nitrogen and oxygen atoms in total. The zero-order valence-electron chi connectivity index (χ0n) is 13.7. The minimum atomic E-state index is 1.04. The van der Waals surface area contributed by atoms with E-state index in [2.05, 4.69) is 86.7 Å². The molecule has 0 aliphatic heterocycles.